The Hall–Kier alpha value is -0.530. The molecule has 0 amide bonds. The molecule has 0 spiro atoms. The summed E-state index contributed by atoms with van der Waals surface area (Å²) in [5.41, 5.74) is 7.52. The first-order chi connectivity index (χ1) is 7.16. The van der Waals surface area contributed by atoms with Gasteiger partial charge in [0.15, 0.2) is 0 Å². The number of benzene rings is 1. The standard InChI is InChI=1S/C13H18ClN/c1-9-2-7-13(15)12(8-9)10-3-5-11(14)6-4-10/h3-6,9,12-13H,2,7-8,15H2,1H3. The summed E-state index contributed by atoms with van der Waals surface area (Å²) in [4.78, 5) is 0. The lowest BCUT2D eigenvalue weighted by Gasteiger charge is -2.32. The molecule has 3 atom stereocenters. The van der Waals surface area contributed by atoms with Crippen molar-refractivity contribution in [3.05, 3.63) is 34.9 Å². The first-order valence-corrected chi connectivity index (χ1v) is 6.05. The van der Waals surface area contributed by atoms with Gasteiger partial charge in [0.25, 0.3) is 0 Å². The third-order valence-corrected chi connectivity index (χ3v) is 3.72. The molecule has 0 heterocycles. The molecule has 2 heteroatoms. The van der Waals surface area contributed by atoms with Gasteiger partial charge in [-0.05, 0) is 48.8 Å². The highest BCUT2D eigenvalue weighted by Crippen LogP contribution is 2.35. The highest BCUT2D eigenvalue weighted by atomic mass is 35.5. The fourth-order valence-electron chi connectivity index (χ4n) is 2.50. The molecule has 1 aliphatic rings. The Morgan fingerprint density at radius 3 is 2.53 bits per heavy atom. The molecule has 0 saturated heterocycles. The van der Waals surface area contributed by atoms with E-state index in [1.165, 1.54) is 18.4 Å². The monoisotopic (exact) mass is 223 g/mol. The van der Waals surface area contributed by atoms with Gasteiger partial charge < -0.3 is 5.73 Å². The maximum absolute atomic E-state index is 6.18. The summed E-state index contributed by atoms with van der Waals surface area (Å²) in [6, 6.07) is 8.48. The Morgan fingerprint density at radius 1 is 1.20 bits per heavy atom. The van der Waals surface area contributed by atoms with Crippen molar-refractivity contribution >= 4 is 11.6 Å². The zero-order valence-corrected chi connectivity index (χ0v) is 9.87. The molecule has 15 heavy (non-hydrogen) atoms. The largest absolute Gasteiger partial charge is 0.327 e. The second-order valence-electron chi connectivity index (χ2n) is 4.74. The van der Waals surface area contributed by atoms with Gasteiger partial charge >= 0.3 is 0 Å². The first kappa shape index (κ1) is 11.0. The van der Waals surface area contributed by atoms with Crippen LogP contribution < -0.4 is 5.73 Å². The third kappa shape index (κ3) is 2.53. The van der Waals surface area contributed by atoms with Gasteiger partial charge in [0.1, 0.15) is 0 Å². The predicted octanol–water partition coefficient (Wildman–Crippen LogP) is 3.57. The molecule has 1 aliphatic carbocycles. The molecule has 0 aromatic heterocycles. The third-order valence-electron chi connectivity index (χ3n) is 3.46. The number of hydrogen-bond donors (Lipinski definition) is 1. The molecule has 1 aromatic carbocycles. The SMILES string of the molecule is CC1CCC(N)C(c2ccc(Cl)cc2)C1. The highest BCUT2D eigenvalue weighted by molar-refractivity contribution is 6.30. The van der Waals surface area contributed by atoms with Crippen LogP contribution in [0.5, 0.6) is 0 Å². The summed E-state index contributed by atoms with van der Waals surface area (Å²) < 4.78 is 0. The van der Waals surface area contributed by atoms with Crippen molar-refractivity contribution in [2.45, 2.75) is 38.1 Å². The smallest absolute Gasteiger partial charge is 0.0406 e. The molecule has 1 aromatic rings. The Balaban J connectivity index is 2.17. The second-order valence-corrected chi connectivity index (χ2v) is 5.18. The lowest BCUT2D eigenvalue weighted by Crippen LogP contribution is -2.33. The molecule has 0 bridgehead atoms. The molecule has 2 rings (SSSR count). The number of hydrogen-bond acceptors (Lipinski definition) is 1. The molecular formula is C13H18ClN. The minimum absolute atomic E-state index is 0.322. The zero-order chi connectivity index (χ0) is 10.8. The lowest BCUT2D eigenvalue weighted by atomic mass is 9.76. The van der Waals surface area contributed by atoms with Crippen LogP contribution in [0.2, 0.25) is 5.02 Å². The van der Waals surface area contributed by atoms with Gasteiger partial charge in [-0.2, -0.15) is 0 Å². The van der Waals surface area contributed by atoms with Crippen molar-refractivity contribution in [3.8, 4) is 0 Å². The summed E-state index contributed by atoms with van der Waals surface area (Å²) in [6.45, 7) is 2.31. The van der Waals surface area contributed by atoms with E-state index in [0.717, 1.165) is 17.4 Å². The van der Waals surface area contributed by atoms with Gasteiger partial charge in [-0.15, -0.1) is 0 Å². The number of halogens is 1. The summed E-state index contributed by atoms with van der Waals surface area (Å²) in [5, 5.41) is 0.802. The van der Waals surface area contributed by atoms with Crippen molar-refractivity contribution in [1.29, 1.82) is 0 Å². The quantitative estimate of drug-likeness (QED) is 0.774. The van der Waals surface area contributed by atoms with Gasteiger partial charge in [-0.1, -0.05) is 30.7 Å². The maximum Gasteiger partial charge on any atom is 0.0406 e. The number of rotatable bonds is 1. The molecule has 1 nitrogen and oxygen atoms in total. The highest BCUT2D eigenvalue weighted by Gasteiger charge is 2.26. The van der Waals surface area contributed by atoms with Crippen LogP contribution in [0.25, 0.3) is 0 Å². The van der Waals surface area contributed by atoms with Crippen molar-refractivity contribution in [2.75, 3.05) is 0 Å². The van der Waals surface area contributed by atoms with E-state index in [1.54, 1.807) is 0 Å². The van der Waals surface area contributed by atoms with Gasteiger partial charge in [0.05, 0.1) is 0 Å². The number of nitrogens with two attached hydrogens (primary N) is 1. The minimum Gasteiger partial charge on any atom is -0.327 e. The summed E-state index contributed by atoms with van der Waals surface area (Å²) in [7, 11) is 0. The molecule has 3 unspecified atom stereocenters. The van der Waals surface area contributed by atoms with E-state index < -0.39 is 0 Å². The van der Waals surface area contributed by atoms with Gasteiger partial charge in [-0.25, -0.2) is 0 Å². The average molecular weight is 224 g/mol. The van der Waals surface area contributed by atoms with E-state index >= 15 is 0 Å². The van der Waals surface area contributed by atoms with E-state index in [9.17, 15) is 0 Å². The Kier molecular flexibility index (Phi) is 3.32. The van der Waals surface area contributed by atoms with E-state index in [-0.39, 0.29) is 0 Å². The van der Waals surface area contributed by atoms with Crippen LogP contribution in [0.3, 0.4) is 0 Å². The first-order valence-electron chi connectivity index (χ1n) is 5.68. The molecule has 2 N–H and O–H groups in total. The van der Waals surface area contributed by atoms with E-state index in [0.29, 0.717) is 12.0 Å². The summed E-state index contributed by atoms with van der Waals surface area (Å²) >= 11 is 5.88. The Bertz CT molecular complexity index is 320. The van der Waals surface area contributed by atoms with Crippen molar-refractivity contribution in [3.63, 3.8) is 0 Å². The van der Waals surface area contributed by atoms with Crippen LogP contribution >= 0.6 is 11.6 Å². The zero-order valence-electron chi connectivity index (χ0n) is 9.12. The van der Waals surface area contributed by atoms with Crippen LogP contribution in [-0.4, -0.2) is 6.04 Å². The molecule has 0 aliphatic heterocycles. The summed E-state index contributed by atoms with van der Waals surface area (Å²) in [6.07, 6.45) is 3.63. The van der Waals surface area contributed by atoms with E-state index in [1.807, 2.05) is 12.1 Å². The second kappa shape index (κ2) is 4.54. The predicted molar refractivity (Wildman–Crippen MR) is 65.2 cm³/mol. The Labute approximate surface area is 96.6 Å². The van der Waals surface area contributed by atoms with Gasteiger partial charge in [-0.3, -0.25) is 0 Å². The summed E-state index contributed by atoms with van der Waals surface area (Å²) in [5.74, 6) is 1.32. The molecule has 0 radical (unpaired) electrons. The molecule has 1 saturated carbocycles. The van der Waals surface area contributed by atoms with Crippen LogP contribution in [0, 0.1) is 5.92 Å². The van der Waals surface area contributed by atoms with Crippen LogP contribution in [0.4, 0.5) is 0 Å². The fraction of sp³-hybridized carbons (Fsp3) is 0.538. The normalized spacial score (nSPS) is 31.5. The molecule has 82 valence electrons. The maximum atomic E-state index is 6.18. The van der Waals surface area contributed by atoms with Crippen molar-refractivity contribution in [1.82, 2.24) is 0 Å². The molecule has 1 fully saturated rings. The van der Waals surface area contributed by atoms with Crippen LogP contribution in [0.1, 0.15) is 37.7 Å². The topological polar surface area (TPSA) is 26.0 Å². The van der Waals surface area contributed by atoms with E-state index in [4.69, 9.17) is 17.3 Å². The van der Waals surface area contributed by atoms with Crippen LogP contribution in [0.15, 0.2) is 24.3 Å². The lowest BCUT2D eigenvalue weighted by molar-refractivity contribution is 0.306. The minimum atomic E-state index is 0.322. The Morgan fingerprint density at radius 2 is 1.87 bits per heavy atom. The van der Waals surface area contributed by atoms with Crippen LogP contribution in [-0.2, 0) is 0 Å². The van der Waals surface area contributed by atoms with Crippen molar-refractivity contribution in [2.24, 2.45) is 11.7 Å². The van der Waals surface area contributed by atoms with Crippen molar-refractivity contribution < 1.29 is 0 Å². The van der Waals surface area contributed by atoms with E-state index in [2.05, 4.69) is 19.1 Å². The van der Waals surface area contributed by atoms with Gasteiger partial charge in [0, 0.05) is 11.1 Å². The fourth-order valence-corrected chi connectivity index (χ4v) is 2.62. The molecular weight excluding hydrogens is 206 g/mol. The average Bonchev–Trinajstić information content (AvgIpc) is 2.23. The van der Waals surface area contributed by atoms with Gasteiger partial charge in [0.2, 0.25) is 0 Å².